The van der Waals surface area contributed by atoms with Crippen LogP contribution in [0.2, 0.25) is 0 Å². The van der Waals surface area contributed by atoms with Gasteiger partial charge < -0.3 is 16.2 Å². The Hall–Kier alpha value is -1.23. The van der Waals surface area contributed by atoms with Crippen molar-refractivity contribution in [3.05, 3.63) is 17.7 Å². The average molecular weight is 259 g/mol. The van der Waals surface area contributed by atoms with E-state index in [4.69, 9.17) is 16.2 Å². The number of benzene rings is 1. The zero-order valence-electron chi connectivity index (χ0n) is 7.71. The molecule has 1 aromatic carbocycles. The van der Waals surface area contributed by atoms with Crippen LogP contribution in [0.15, 0.2) is 12.1 Å². The summed E-state index contributed by atoms with van der Waals surface area (Å²) < 4.78 is 5.03. The minimum Gasteiger partial charge on any atom is -0.494 e. The Morgan fingerprint density at radius 1 is 1.50 bits per heavy atom. The molecule has 0 unspecified atom stereocenters. The summed E-state index contributed by atoms with van der Waals surface area (Å²) in [7, 11) is 1.45. The molecule has 5 heteroatoms. The Labute approximate surface area is 90.3 Å². The van der Waals surface area contributed by atoms with E-state index < -0.39 is 0 Å². The molecule has 0 saturated heterocycles. The molecule has 0 aliphatic carbocycles. The van der Waals surface area contributed by atoms with Crippen LogP contribution < -0.4 is 16.2 Å². The second-order valence-electron chi connectivity index (χ2n) is 2.71. The molecule has 0 bridgehead atoms. The standard InChI is InChI=1S/C9H11BrN2O2/c1-14-9-5(7(13)4-10)2-3-6(11)8(9)12/h2-3H,4,11-12H2,1H3. The highest BCUT2D eigenvalue weighted by Crippen LogP contribution is 2.31. The maximum atomic E-state index is 11.4. The van der Waals surface area contributed by atoms with Crippen LogP contribution in [0.25, 0.3) is 0 Å². The SMILES string of the molecule is COc1c(C(=O)CBr)ccc(N)c1N. The van der Waals surface area contributed by atoms with Gasteiger partial charge in [0, 0.05) is 0 Å². The van der Waals surface area contributed by atoms with Crippen LogP contribution in [0.4, 0.5) is 11.4 Å². The fourth-order valence-electron chi connectivity index (χ4n) is 1.13. The lowest BCUT2D eigenvalue weighted by Crippen LogP contribution is -2.07. The zero-order chi connectivity index (χ0) is 10.7. The summed E-state index contributed by atoms with van der Waals surface area (Å²) in [5.74, 6) is 0.253. The van der Waals surface area contributed by atoms with E-state index in [1.807, 2.05) is 0 Å². The number of alkyl halides is 1. The van der Waals surface area contributed by atoms with Crippen molar-refractivity contribution < 1.29 is 9.53 Å². The maximum Gasteiger partial charge on any atom is 0.177 e. The van der Waals surface area contributed by atoms with Crippen LogP contribution in [0, 0.1) is 0 Å². The first-order chi connectivity index (χ1) is 6.61. The Balaban J connectivity index is 3.31. The number of nitrogens with two attached hydrogens (primary N) is 2. The van der Waals surface area contributed by atoms with Gasteiger partial charge in [-0.25, -0.2) is 0 Å². The van der Waals surface area contributed by atoms with Gasteiger partial charge in [-0.05, 0) is 12.1 Å². The molecular formula is C9H11BrN2O2. The molecule has 0 atom stereocenters. The van der Waals surface area contributed by atoms with E-state index in [0.29, 0.717) is 22.7 Å². The molecule has 0 amide bonds. The molecule has 76 valence electrons. The first-order valence-electron chi connectivity index (χ1n) is 3.93. The smallest absolute Gasteiger partial charge is 0.177 e. The third-order valence-electron chi connectivity index (χ3n) is 1.86. The Morgan fingerprint density at radius 2 is 2.14 bits per heavy atom. The van der Waals surface area contributed by atoms with Crippen LogP contribution in [0.1, 0.15) is 10.4 Å². The number of carbonyl (C=O) groups excluding carboxylic acids is 1. The largest absolute Gasteiger partial charge is 0.494 e. The number of anilines is 2. The van der Waals surface area contributed by atoms with Crippen molar-refractivity contribution in [1.82, 2.24) is 0 Å². The molecule has 0 aliphatic rings. The molecule has 0 fully saturated rings. The molecule has 1 aromatic rings. The molecule has 0 saturated carbocycles. The van der Waals surface area contributed by atoms with Crippen molar-refractivity contribution in [2.75, 3.05) is 23.9 Å². The normalized spacial score (nSPS) is 9.86. The highest BCUT2D eigenvalue weighted by atomic mass is 79.9. The van der Waals surface area contributed by atoms with Gasteiger partial charge in [0.25, 0.3) is 0 Å². The number of Topliss-reactive ketones (excluding diaryl/α,β-unsaturated/α-hetero) is 1. The number of ether oxygens (including phenoxy) is 1. The van der Waals surface area contributed by atoms with E-state index in [0.717, 1.165) is 0 Å². The van der Waals surface area contributed by atoms with E-state index in [9.17, 15) is 4.79 Å². The fourth-order valence-corrected chi connectivity index (χ4v) is 1.43. The van der Waals surface area contributed by atoms with Gasteiger partial charge in [0.2, 0.25) is 0 Å². The predicted octanol–water partition coefficient (Wildman–Crippen LogP) is 1.44. The second-order valence-corrected chi connectivity index (χ2v) is 3.27. The van der Waals surface area contributed by atoms with Crippen LogP contribution in [0.3, 0.4) is 0 Å². The van der Waals surface area contributed by atoms with Crippen molar-refractivity contribution in [2.45, 2.75) is 0 Å². The van der Waals surface area contributed by atoms with E-state index in [-0.39, 0.29) is 11.1 Å². The lowest BCUT2D eigenvalue weighted by Gasteiger charge is -2.10. The van der Waals surface area contributed by atoms with Gasteiger partial charge in [-0.2, -0.15) is 0 Å². The molecule has 0 spiro atoms. The number of hydrogen-bond acceptors (Lipinski definition) is 4. The van der Waals surface area contributed by atoms with Crippen molar-refractivity contribution in [3.63, 3.8) is 0 Å². The lowest BCUT2D eigenvalue weighted by atomic mass is 10.1. The molecule has 0 aromatic heterocycles. The molecule has 1 rings (SSSR count). The highest BCUT2D eigenvalue weighted by molar-refractivity contribution is 9.09. The lowest BCUT2D eigenvalue weighted by molar-refractivity contribution is 0.102. The third kappa shape index (κ3) is 1.82. The van der Waals surface area contributed by atoms with Gasteiger partial charge in [0.1, 0.15) is 0 Å². The van der Waals surface area contributed by atoms with Crippen LogP contribution >= 0.6 is 15.9 Å². The minimum atomic E-state index is -0.0893. The summed E-state index contributed by atoms with van der Waals surface area (Å²) >= 11 is 3.08. The number of methoxy groups -OCH3 is 1. The highest BCUT2D eigenvalue weighted by Gasteiger charge is 2.15. The van der Waals surface area contributed by atoms with Crippen LogP contribution in [-0.2, 0) is 0 Å². The van der Waals surface area contributed by atoms with Crippen LogP contribution in [0.5, 0.6) is 5.75 Å². The molecule has 0 aliphatic heterocycles. The van der Waals surface area contributed by atoms with Gasteiger partial charge in [-0.15, -0.1) is 0 Å². The van der Waals surface area contributed by atoms with Gasteiger partial charge in [0.05, 0.1) is 29.4 Å². The average Bonchev–Trinajstić information content (AvgIpc) is 2.20. The molecular weight excluding hydrogens is 248 g/mol. The quantitative estimate of drug-likeness (QED) is 0.489. The first-order valence-corrected chi connectivity index (χ1v) is 5.05. The number of ketones is 1. The number of nitrogen functional groups attached to an aromatic ring is 2. The summed E-state index contributed by atoms with van der Waals surface area (Å²) in [6.07, 6.45) is 0. The summed E-state index contributed by atoms with van der Waals surface area (Å²) in [5, 5.41) is 0.229. The van der Waals surface area contributed by atoms with Gasteiger partial charge >= 0.3 is 0 Å². The number of carbonyl (C=O) groups is 1. The maximum absolute atomic E-state index is 11.4. The molecule has 0 heterocycles. The second kappa shape index (κ2) is 4.32. The van der Waals surface area contributed by atoms with Crippen molar-refractivity contribution >= 4 is 33.1 Å². The van der Waals surface area contributed by atoms with Gasteiger partial charge in [0.15, 0.2) is 11.5 Å². The molecule has 14 heavy (non-hydrogen) atoms. The number of hydrogen-bond donors (Lipinski definition) is 2. The third-order valence-corrected chi connectivity index (χ3v) is 2.37. The molecule has 4 nitrogen and oxygen atoms in total. The molecule has 0 radical (unpaired) electrons. The van der Waals surface area contributed by atoms with Gasteiger partial charge in [-0.3, -0.25) is 4.79 Å². The summed E-state index contributed by atoms with van der Waals surface area (Å²) in [6.45, 7) is 0. The minimum absolute atomic E-state index is 0.0893. The Bertz CT molecular complexity index is 366. The van der Waals surface area contributed by atoms with Crippen LogP contribution in [-0.4, -0.2) is 18.2 Å². The van der Waals surface area contributed by atoms with Crippen molar-refractivity contribution in [1.29, 1.82) is 0 Å². The summed E-state index contributed by atoms with van der Waals surface area (Å²) in [5.41, 5.74) is 12.4. The predicted molar refractivity (Wildman–Crippen MR) is 59.9 cm³/mol. The monoisotopic (exact) mass is 258 g/mol. The van der Waals surface area contributed by atoms with E-state index in [1.165, 1.54) is 7.11 Å². The van der Waals surface area contributed by atoms with E-state index in [1.54, 1.807) is 12.1 Å². The first kappa shape index (κ1) is 10.8. The summed E-state index contributed by atoms with van der Waals surface area (Å²) in [6, 6.07) is 3.20. The Morgan fingerprint density at radius 3 is 2.64 bits per heavy atom. The van der Waals surface area contributed by atoms with Crippen molar-refractivity contribution in [2.24, 2.45) is 0 Å². The number of halogens is 1. The van der Waals surface area contributed by atoms with E-state index in [2.05, 4.69) is 15.9 Å². The molecule has 4 N–H and O–H groups in total. The van der Waals surface area contributed by atoms with E-state index >= 15 is 0 Å². The Kier molecular flexibility index (Phi) is 3.35. The number of rotatable bonds is 3. The fraction of sp³-hybridized carbons (Fsp3) is 0.222. The topological polar surface area (TPSA) is 78.3 Å². The van der Waals surface area contributed by atoms with Crippen molar-refractivity contribution in [3.8, 4) is 5.75 Å². The van der Waals surface area contributed by atoms with Gasteiger partial charge in [-0.1, -0.05) is 15.9 Å². The zero-order valence-corrected chi connectivity index (χ0v) is 9.30. The summed E-state index contributed by atoms with van der Waals surface area (Å²) in [4.78, 5) is 11.4.